The van der Waals surface area contributed by atoms with E-state index in [1.807, 2.05) is 6.07 Å². The van der Waals surface area contributed by atoms with Gasteiger partial charge in [0.1, 0.15) is 16.6 Å². The van der Waals surface area contributed by atoms with E-state index in [4.69, 9.17) is 0 Å². The molecule has 3 aromatic rings. The van der Waals surface area contributed by atoms with Crippen molar-refractivity contribution in [3.63, 3.8) is 0 Å². The van der Waals surface area contributed by atoms with Gasteiger partial charge in [-0.05, 0) is 50.3 Å². The Bertz CT molecular complexity index is 1370. The highest BCUT2D eigenvalue weighted by Crippen LogP contribution is 2.42. The van der Waals surface area contributed by atoms with Gasteiger partial charge in [0.25, 0.3) is 0 Å². The van der Waals surface area contributed by atoms with Crippen LogP contribution in [0.4, 0.5) is 13.2 Å². The minimum absolute atomic E-state index is 0.000413. The van der Waals surface area contributed by atoms with Gasteiger partial charge in [0.2, 0.25) is 10.0 Å². The van der Waals surface area contributed by atoms with E-state index in [1.54, 1.807) is 4.57 Å². The maximum Gasteiger partial charge on any atom is 0.417 e. The second-order valence-electron chi connectivity index (χ2n) is 8.51. The van der Waals surface area contributed by atoms with Crippen LogP contribution in [0.3, 0.4) is 0 Å². The van der Waals surface area contributed by atoms with Crippen LogP contribution in [0.25, 0.3) is 22.4 Å². The van der Waals surface area contributed by atoms with Gasteiger partial charge in [-0.25, -0.2) is 18.1 Å². The van der Waals surface area contributed by atoms with Crippen molar-refractivity contribution in [2.24, 2.45) is 0 Å². The summed E-state index contributed by atoms with van der Waals surface area (Å²) < 4.78 is 69.5. The molecule has 0 bridgehead atoms. The zero-order valence-electron chi connectivity index (χ0n) is 17.4. The molecule has 172 valence electrons. The number of halogens is 3. The lowest BCUT2D eigenvalue weighted by Gasteiger charge is -2.29. The molecule has 2 saturated carbocycles. The van der Waals surface area contributed by atoms with Crippen LogP contribution >= 0.6 is 0 Å². The summed E-state index contributed by atoms with van der Waals surface area (Å²) in [4.78, 5) is 8.37. The van der Waals surface area contributed by atoms with Gasteiger partial charge in [-0.3, -0.25) is 4.98 Å². The predicted molar refractivity (Wildman–Crippen MR) is 114 cm³/mol. The van der Waals surface area contributed by atoms with Crippen LogP contribution < -0.4 is 4.72 Å². The number of hydrogen-bond acceptors (Lipinski definition) is 5. The molecule has 7 nitrogen and oxygen atoms in total. The van der Waals surface area contributed by atoms with E-state index in [1.165, 1.54) is 18.3 Å². The lowest BCUT2D eigenvalue weighted by Crippen LogP contribution is -2.39. The average Bonchev–Trinajstić information content (AvgIpc) is 3.02. The quantitative estimate of drug-likeness (QED) is 0.584. The molecule has 0 aliphatic heterocycles. The zero-order valence-corrected chi connectivity index (χ0v) is 18.2. The fraction of sp³-hybridized carbons (Fsp3) is 0.409. The molecular formula is C22H20F3N5O2S. The highest BCUT2D eigenvalue weighted by Gasteiger charge is 2.34. The Labute approximate surface area is 188 Å². The van der Waals surface area contributed by atoms with Crippen molar-refractivity contribution in [1.82, 2.24) is 19.3 Å². The Morgan fingerprint density at radius 3 is 2.33 bits per heavy atom. The third-order valence-electron chi connectivity index (χ3n) is 6.44. The summed E-state index contributed by atoms with van der Waals surface area (Å²) in [5, 5.41) is 9.98. The smallest absolute Gasteiger partial charge is 0.320 e. The molecule has 11 heteroatoms. The summed E-state index contributed by atoms with van der Waals surface area (Å²) in [5.74, 6) is 0. The summed E-state index contributed by atoms with van der Waals surface area (Å²) in [6.07, 6.45) is 2.56. The molecule has 33 heavy (non-hydrogen) atoms. The molecule has 5 rings (SSSR count). The molecule has 0 radical (unpaired) electrons. The summed E-state index contributed by atoms with van der Waals surface area (Å²) in [7, 11) is -3.72. The molecule has 2 aliphatic carbocycles. The molecular weight excluding hydrogens is 455 g/mol. The highest BCUT2D eigenvalue weighted by atomic mass is 32.2. The zero-order chi connectivity index (χ0) is 23.4. The van der Waals surface area contributed by atoms with E-state index in [2.05, 4.69) is 14.7 Å². The minimum atomic E-state index is -4.59. The van der Waals surface area contributed by atoms with E-state index >= 15 is 0 Å². The van der Waals surface area contributed by atoms with Crippen molar-refractivity contribution in [2.75, 3.05) is 0 Å². The summed E-state index contributed by atoms with van der Waals surface area (Å²) in [6.45, 7) is 0. The van der Waals surface area contributed by atoms with Gasteiger partial charge in [0.05, 0.1) is 22.5 Å². The van der Waals surface area contributed by atoms with Crippen LogP contribution in [0.1, 0.15) is 55.7 Å². The minimum Gasteiger partial charge on any atom is -0.320 e. The first-order valence-corrected chi connectivity index (χ1v) is 12.2. The van der Waals surface area contributed by atoms with Crippen LogP contribution in [0.15, 0.2) is 35.5 Å². The third-order valence-corrected chi connectivity index (χ3v) is 7.94. The molecule has 0 unspecified atom stereocenters. The monoisotopic (exact) mass is 475 g/mol. The van der Waals surface area contributed by atoms with Crippen molar-refractivity contribution in [3.05, 3.63) is 41.7 Å². The van der Waals surface area contributed by atoms with Crippen molar-refractivity contribution >= 4 is 21.1 Å². The van der Waals surface area contributed by atoms with Crippen LogP contribution in [-0.2, 0) is 16.2 Å². The lowest BCUT2D eigenvalue weighted by molar-refractivity contribution is -0.137. The van der Waals surface area contributed by atoms with Gasteiger partial charge in [-0.15, -0.1) is 0 Å². The summed E-state index contributed by atoms with van der Waals surface area (Å²) >= 11 is 0. The topological polar surface area (TPSA) is 101 Å². The Morgan fingerprint density at radius 1 is 1.09 bits per heavy atom. The van der Waals surface area contributed by atoms with E-state index in [0.717, 1.165) is 50.8 Å². The van der Waals surface area contributed by atoms with Crippen LogP contribution in [-0.4, -0.2) is 29.0 Å². The van der Waals surface area contributed by atoms with Crippen molar-refractivity contribution < 1.29 is 21.6 Å². The maximum atomic E-state index is 13.3. The van der Waals surface area contributed by atoms with E-state index < -0.39 is 21.8 Å². The second kappa shape index (κ2) is 7.81. The van der Waals surface area contributed by atoms with Crippen molar-refractivity contribution in [1.29, 1.82) is 5.26 Å². The summed E-state index contributed by atoms with van der Waals surface area (Å²) in [6, 6.07) is 5.78. The standard InChI is InChI=1S/C22H20F3N5O2S/c23-22(24,25)13-9-17-18(10-26)20(30(15-5-2-6-15)21(17)28-11-13)19-8-7-16(12-27-19)33(31,32)29-14-3-1-4-14/h7-9,11-12,14-15,29H,1-6H2. The Hall–Kier alpha value is -2.97. The molecule has 0 atom stereocenters. The largest absolute Gasteiger partial charge is 0.417 e. The molecule has 0 amide bonds. The molecule has 2 aliphatic rings. The Kier molecular flexibility index (Phi) is 5.17. The maximum absolute atomic E-state index is 13.3. The lowest BCUT2D eigenvalue weighted by atomic mass is 9.92. The van der Waals surface area contributed by atoms with Crippen molar-refractivity contribution in [3.8, 4) is 17.5 Å². The number of nitrogens with one attached hydrogen (secondary N) is 1. The number of fused-ring (bicyclic) bond motifs is 1. The first kappa shape index (κ1) is 21.9. The van der Waals surface area contributed by atoms with Gasteiger partial charge in [-0.1, -0.05) is 6.42 Å². The third kappa shape index (κ3) is 3.77. The predicted octanol–water partition coefficient (Wildman–Crippen LogP) is 4.54. The normalized spacial score (nSPS) is 17.5. The number of nitrogens with zero attached hydrogens (tertiary/aromatic N) is 4. The van der Waals surface area contributed by atoms with E-state index in [-0.39, 0.29) is 27.9 Å². The van der Waals surface area contributed by atoms with Gasteiger partial charge in [-0.2, -0.15) is 18.4 Å². The molecule has 1 N–H and O–H groups in total. The molecule has 2 fully saturated rings. The SMILES string of the molecule is N#Cc1c(-c2ccc(S(=O)(=O)NC3CCC3)cn2)n(C2CCC2)c2ncc(C(F)(F)F)cc12. The fourth-order valence-corrected chi connectivity index (χ4v) is 5.45. The average molecular weight is 475 g/mol. The highest BCUT2D eigenvalue weighted by molar-refractivity contribution is 7.89. The Balaban J connectivity index is 1.63. The van der Waals surface area contributed by atoms with Gasteiger partial charge < -0.3 is 4.57 Å². The molecule has 0 saturated heterocycles. The first-order chi connectivity index (χ1) is 15.7. The number of pyridine rings is 2. The first-order valence-electron chi connectivity index (χ1n) is 10.7. The second-order valence-corrected chi connectivity index (χ2v) is 10.2. The van der Waals surface area contributed by atoms with Crippen LogP contribution in [0.5, 0.6) is 0 Å². The van der Waals surface area contributed by atoms with Gasteiger partial charge in [0, 0.05) is 29.9 Å². The number of alkyl halides is 3. The number of aromatic nitrogens is 3. The number of sulfonamides is 1. The van der Waals surface area contributed by atoms with Crippen LogP contribution in [0, 0.1) is 11.3 Å². The number of hydrogen-bond donors (Lipinski definition) is 1. The summed E-state index contributed by atoms with van der Waals surface area (Å²) in [5.41, 5.74) is 0.0865. The van der Waals surface area contributed by atoms with E-state index in [0.29, 0.717) is 17.0 Å². The molecule has 0 aromatic carbocycles. The van der Waals surface area contributed by atoms with Crippen molar-refractivity contribution in [2.45, 2.75) is 61.7 Å². The molecule has 3 aromatic heterocycles. The molecule has 0 spiro atoms. The van der Waals surface area contributed by atoms with E-state index in [9.17, 15) is 26.9 Å². The Morgan fingerprint density at radius 2 is 1.82 bits per heavy atom. The number of nitriles is 1. The fourth-order valence-electron chi connectivity index (χ4n) is 4.20. The molecule has 3 heterocycles. The number of rotatable bonds is 5. The van der Waals surface area contributed by atoms with Crippen LogP contribution in [0.2, 0.25) is 0 Å². The van der Waals surface area contributed by atoms with Gasteiger partial charge >= 0.3 is 6.18 Å². The van der Waals surface area contributed by atoms with Gasteiger partial charge in [0.15, 0.2) is 0 Å².